The zero-order valence-corrected chi connectivity index (χ0v) is 17.5. The predicted molar refractivity (Wildman–Crippen MR) is 121 cm³/mol. The van der Waals surface area contributed by atoms with Crippen LogP contribution in [0.25, 0.3) is 16.5 Å². The summed E-state index contributed by atoms with van der Waals surface area (Å²) in [6.07, 6.45) is 9.88. The summed E-state index contributed by atoms with van der Waals surface area (Å²) in [6, 6.07) is 14.4. The summed E-state index contributed by atoms with van der Waals surface area (Å²) < 4.78 is 2.17. The van der Waals surface area contributed by atoms with Crippen LogP contribution in [-0.4, -0.2) is 32.0 Å². The van der Waals surface area contributed by atoms with Crippen molar-refractivity contribution in [3.8, 4) is 0 Å². The lowest BCUT2D eigenvalue weighted by atomic mass is 10.1. The van der Waals surface area contributed by atoms with Gasteiger partial charge in [-0.3, -0.25) is 9.89 Å². The van der Waals surface area contributed by atoms with Gasteiger partial charge in [-0.05, 0) is 41.1 Å². The van der Waals surface area contributed by atoms with Gasteiger partial charge in [0.2, 0.25) is 0 Å². The van der Waals surface area contributed by atoms with E-state index in [0.29, 0.717) is 6.54 Å². The number of carbonyl (C=O) groups is 1. The second kappa shape index (κ2) is 7.80. The molecule has 3 aromatic heterocycles. The molecule has 0 unspecified atom stereocenters. The van der Waals surface area contributed by atoms with Crippen molar-refractivity contribution in [1.82, 2.24) is 19.7 Å². The number of aromatic nitrogens is 3. The third-order valence-corrected chi connectivity index (χ3v) is 6.31. The quantitative estimate of drug-likeness (QED) is 0.452. The fourth-order valence-corrected chi connectivity index (χ4v) is 4.61. The molecule has 30 heavy (non-hydrogen) atoms. The third-order valence-electron chi connectivity index (χ3n) is 5.40. The molecule has 5 rings (SSSR count). The highest BCUT2D eigenvalue weighted by atomic mass is 32.1. The van der Waals surface area contributed by atoms with Crippen LogP contribution in [0.1, 0.15) is 33.0 Å². The van der Waals surface area contributed by atoms with Crippen molar-refractivity contribution in [1.29, 1.82) is 0 Å². The number of Topliss-reactive ketones (excluding diaryl/α,β-unsaturated/α-hetero) is 1. The molecule has 1 aliphatic rings. The summed E-state index contributed by atoms with van der Waals surface area (Å²) in [6.45, 7) is 0.341. The van der Waals surface area contributed by atoms with Gasteiger partial charge in [-0.15, -0.1) is 11.3 Å². The van der Waals surface area contributed by atoms with E-state index >= 15 is 0 Å². The number of fused-ring (bicyclic) bond motifs is 1. The lowest BCUT2D eigenvalue weighted by molar-refractivity contribution is 0.0973. The molecule has 0 bridgehead atoms. The van der Waals surface area contributed by atoms with Crippen molar-refractivity contribution >= 4 is 33.6 Å². The molecule has 0 aliphatic carbocycles. The highest BCUT2D eigenvalue weighted by Crippen LogP contribution is 2.26. The minimum absolute atomic E-state index is 0.130. The maximum Gasteiger partial charge on any atom is 0.192 e. The molecule has 6 heteroatoms. The standard InChI is InChI=1S/C24H22N4OS/c1-27-14-18(20-7-2-3-8-22(20)27)12-19-13-21(26-25-19)17-6-4-10-28(15-17)16-23(29)24-9-5-11-30-24/h2-5,7-11,13-15H,6,12,16H2,1H3,(H,25,26). The smallest absolute Gasteiger partial charge is 0.192 e. The Balaban J connectivity index is 1.33. The van der Waals surface area contributed by atoms with Gasteiger partial charge in [0.05, 0.1) is 17.1 Å². The van der Waals surface area contributed by atoms with E-state index in [1.54, 1.807) is 0 Å². The average Bonchev–Trinajstić information content (AvgIpc) is 3.51. The summed E-state index contributed by atoms with van der Waals surface area (Å²) in [5.74, 6) is 0.130. The van der Waals surface area contributed by atoms with Gasteiger partial charge < -0.3 is 9.47 Å². The van der Waals surface area contributed by atoms with Crippen LogP contribution in [0, 0.1) is 0 Å². The Hall–Kier alpha value is -3.38. The second-order valence-corrected chi connectivity index (χ2v) is 8.50. The Kier molecular flexibility index (Phi) is 4.85. The number of H-pyrrole nitrogens is 1. The predicted octanol–water partition coefficient (Wildman–Crippen LogP) is 5.00. The molecule has 0 saturated carbocycles. The van der Waals surface area contributed by atoms with Gasteiger partial charge in [-0.2, -0.15) is 5.10 Å². The van der Waals surface area contributed by atoms with Crippen LogP contribution >= 0.6 is 11.3 Å². The maximum atomic E-state index is 12.4. The summed E-state index contributed by atoms with van der Waals surface area (Å²) in [5, 5.41) is 10.9. The Bertz CT molecular complexity index is 1260. The minimum atomic E-state index is 0.130. The molecule has 0 fully saturated rings. The molecule has 0 spiro atoms. The van der Waals surface area contributed by atoms with Crippen molar-refractivity contribution in [3.05, 3.63) is 94.3 Å². The molecule has 5 nitrogen and oxygen atoms in total. The minimum Gasteiger partial charge on any atom is -0.350 e. The largest absolute Gasteiger partial charge is 0.350 e. The number of nitrogens with one attached hydrogen (secondary N) is 1. The molecule has 150 valence electrons. The van der Waals surface area contributed by atoms with E-state index < -0.39 is 0 Å². The molecule has 0 saturated heterocycles. The summed E-state index contributed by atoms with van der Waals surface area (Å²) >= 11 is 1.48. The Labute approximate surface area is 179 Å². The van der Waals surface area contributed by atoms with Crippen LogP contribution in [0.5, 0.6) is 0 Å². The van der Waals surface area contributed by atoms with E-state index in [0.717, 1.165) is 34.7 Å². The number of carbonyl (C=O) groups excluding carboxylic acids is 1. The number of aromatic amines is 1. The molecular weight excluding hydrogens is 392 g/mol. The van der Waals surface area contributed by atoms with Gasteiger partial charge >= 0.3 is 0 Å². The van der Waals surface area contributed by atoms with Gasteiger partial charge in [0.25, 0.3) is 0 Å². The number of para-hydroxylation sites is 1. The van der Waals surface area contributed by atoms with Crippen molar-refractivity contribution in [2.24, 2.45) is 7.05 Å². The summed E-state index contributed by atoms with van der Waals surface area (Å²) in [4.78, 5) is 15.2. The Morgan fingerprint density at radius 2 is 2.13 bits per heavy atom. The number of aryl methyl sites for hydroxylation is 1. The third kappa shape index (κ3) is 3.62. The Morgan fingerprint density at radius 3 is 3.00 bits per heavy atom. The molecule has 1 aliphatic heterocycles. The fourth-order valence-electron chi connectivity index (χ4n) is 3.95. The fraction of sp³-hybridized carbons (Fsp3) is 0.167. The lowest BCUT2D eigenvalue weighted by Gasteiger charge is -2.19. The first kappa shape index (κ1) is 18.6. The van der Waals surface area contributed by atoms with Crippen molar-refractivity contribution < 1.29 is 4.79 Å². The van der Waals surface area contributed by atoms with Crippen molar-refractivity contribution in [2.75, 3.05) is 6.54 Å². The number of ketones is 1. The normalized spacial score (nSPS) is 13.8. The van der Waals surface area contributed by atoms with E-state index in [2.05, 4.69) is 64.4 Å². The SMILES string of the molecule is Cn1cc(Cc2cc(C3=CN(CC(=O)c4cccs4)C=CC3)n[nH]2)c2ccccc21. The number of hydrogen-bond acceptors (Lipinski definition) is 4. The molecule has 4 heterocycles. The van der Waals surface area contributed by atoms with E-state index in [1.165, 1.54) is 27.8 Å². The number of thiophene rings is 1. The van der Waals surface area contributed by atoms with Gasteiger partial charge in [0, 0.05) is 48.7 Å². The highest BCUT2D eigenvalue weighted by molar-refractivity contribution is 7.12. The van der Waals surface area contributed by atoms with Crippen LogP contribution in [0.4, 0.5) is 0 Å². The molecule has 1 N–H and O–H groups in total. The van der Waals surface area contributed by atoms with Crippen molar-refractivity contribution in [2.45, 2.75) is 12.8 Å². The lowest BCUT2D eigenvalue weighted by Crippen LogP contribution is -2.21. The first-order valence-corrected chi connectivity index (χ1v) is 10.8. The monoisotopic (exact) mass is 414 g/mol. The van der Waals surface area contributed by atoms with Gasteiger partial charge in [-0.1, -0.05) is 30.3 Å². The second-order valence-electron chi connectivity index (χ2n) is 7.55. The topological polar surface area (TPSA) is 53.9 Å². The molecular formula is C24H22N4OS. The Morgan fingerprint density at radius 1 is 1.23 bits per heavy atom. The van der Waals surface area contributed by atoms with E-state index in [4.69, 9.17) is 0 Å². The molecule has 4 aromatic rings. The van der Waals surface area contributed by atoms with Crippen LogP contribution in [-0.2, 0) is 13.5 Å². The zero-order valence-electron chi connectivity index (χ0n) is 16.7. The van der Waals surface area contributed by atoms with Crippen molar-refractivity contribution in [3.63, 3.8) is 0 Å². The van der Waals surface area contributed by atoms with Crippen LogP contribution in [0.15, 0.2) is 72.5 Å². The first-order chi connectivity index (χ1) is 14.7. The maximum absolute atomic E-state index is 12.4. The zero-order chi connectivity index (χ0) is 20.5. The molecule has 1 aromatic carbocycles. The number of rotatable bonds is 6. The van der Waals surface area contributed by atoms with E-state index in [1.807, 2.05) is 34.8 Å². The van der Waals surface area contributed by atoms with Crippen LogP contribution in [0.3, 0.4) is 0 Å². The van der Waals surface area contributed by atoms with Gasteiger partial charge in [-0.25, -0.2) is 0 Å². The highest BCUT2D eigenvalue weighted by Gasteiger charge is 2.15. The first-order valence-electron chi connectivity index (χ1n) is 9.95. The summed E-state index contributed by atoms with van der Waals surface area (Å²) in [7, 11) is 2.08. The van der Waals surface area contributed by atoms with E-state index in [9.17, 15) is 4.79 Å². The van der Waals surface area contributed by atoms with Gasteiger partial charge in [0.15, 0.2) is 5.78 Å². The molecule has 0 atom stereocenters. The molecule has 0 amide bonds. The number of allylic oxidation sites excluding steroid dienone is 2. The number of nitrogens with zero attached hydrogens (tertiary/aromatic N) is 3. The summed E-state index contributed by atoms with van der Waals surface area (Å²) in [5.41, 5.74) is 5.64. The number of hydrogen-bond donors (Lipinski definition) is 1. The van der Waals surface area contributed by atoms with Crippen LogP contribution < -0.4 is 0 Å². The van der Waals surface area contributed by atoms with Gasteiger partial charge in [0.1, 0.15) is 0 Å². The van der Waals surface area contributed by atoms with E-state index in [-0.39, 0.29) is 5.78 Å². The molecule has 0 radical (unpaired) electrons. The van der Waals surface area contributed by atoms with Crippen LogP contribution in [0.2, 0.25) is 0 Å². The average molecular weight is 415 g/mol. The number of benzene rings is 1.